The van der Waals surface area contributed by atoms with E-state index in [2.05, 4.69) is 10.6 Å². The number of benzene rings is 1. The number of rotatable bonds is 4. The minimum atomic E-state index is -0.0192. The minimum Gasteiger partial charge on any atom is -0.395 e. The Morgan fingerprint density at radius 3 is 2.75 bits per heavy atom. The van der Waals surface area contributed by atoms with Gasteiger partial charge in [0, 0.05) is 6.54 Å². The molecule has 1 atom stereocenters. The van der Waals surface area contributed by atoms with Crippen molar-refractivity contribution >= 4 is 11.0 Å². The lowest BCUT2D eigenvalue weighted by atomic mass is 9.84. The summed E-state index contributed by atoms with van der Waals surface area (Å²) < 4.78 is 2.09. The predicted molar refractivity (Wildman–Crippen MR) is 80.3 cm³/mol. The van der Waals surface area contributed by atoms with Crippen LogP contribution in [-0.4, -0.2) is 21.3 Å². The Labute approximate surface area is 119 Å². The summed E-state index contributed by atoms with van der Waals surface area (Å²) in [6, 6.07) is 8.05. The second kappa shape index (κ2) is 5.94. The van der Waals surface area contributed by atoms with Crippen molar-refractivity contribution < 1.29 is 5.11 Å². The SMILES string of the molecule is NC(c1nc2ccccc2n1CCO)C1CCCCC1. The van der Waals surface area contributed by atoms with Gasteiger partial charge >= 0.3 is 0 Å². The van der Waals surface area contributed by atoms with Gasteiger partial charge in [0.15, 0.2) is 0 Å². The largest absolute Gasteiger partial charge is 0.395 e. The Bertz CT molecular complexity index is 572. The van der Waals surface area contributed by atoms with Crippen LogP contribution in [0, 0.1) is 5.92 Å². The first-order chi connectivity index (χ1) is 9.81. The summed E-state index contributed by atoms with van der Waals surface area (Å²) in [5.74, 6) is 1.46. The van der Waals surface area contributed by atoms with Crippen LogP contribution in [0.25, 0.3) is 11.0 Å². The summed E-state index contributed by atoms with van der Waals surface area (Å²) in [5, 5.41) is 9.32. The van der Waals surface area contributed by atoms with Gasteiger partial charge in [0.25, 0.3) is 0 Å². The monoisotopic (exact) mass is 273 g/mol. The summed E-state index contributed by atoms with van der Waals surface area (Å²) in [5.41, 5.74) is 8.55. The van der Waals surface area contributed by atoms with Gasteiger partial charge in [0.2, 0.25) is 0 Å². The molecule has 0 spiro atoms. The van der Waals surface area contributed by atoms with Gasteiger partial charge in [0.1, 0.15) is 5.82 Å². The number of nitrogens with zero attached hydrogens (tertiary/aromatic N) is 2. The average molecular weight is 273 g/mol. The van der Waals surface area contributed by atoms with E-state index < -0.39 is 0 Å². The molecule has 0 radical (unpaired) electrons. The van der Waals surface area contributed by atoms with Crippen LogP contribution in [-0.2, 0) is 6.54 Å². The predicted octanol–water partition coefficient (Wildman–Crippen LogP) is 2.61. The highest BCUT2D eigenvalue weighted by Gasteiger charge is 2.26. The van der Waals surface area contributed by atoms with Crippen LogP contribution in [0.3, 0.4) is 0 Å². The van der Waals surface area contributed by atoms with E-state index in [1.54, 1.807) is 0 Å². The molecule has 1 aromatic carbocycles. The highest BCUT2D eigenvalue weighted by Crippen LogP contribution is 2.33. The van der Waals surface area contributed by atoms with Crippen molar-refractivity contribution in [1.82, 2.24) is 9.55 Å². The minimum absolute atomic E-state index is 0.0192. The van der Waals surface area contributed by atoms with Crippen molar-refractivity contribution in [2.45, 2.75) is 44.7 Å². The van der Waals surface area contributed by atoms with Crippen LogP contribution in [0.2, 0.25) is 0 Å². The number of fused-ring (bicyclic) bond motifs is 1. The van der Waals surface area contributed by atoms with E-state index in [0.717, 1.165) is 16.9 Å². The third kappa shape index (κ3) is 2.45. The molecular weight excluding hydrogens is 250 g/mol. The average Bonchev–Trinajstić information content (AvgIpc) is 2.87. The molecule has 1 aliphatic rings. The molecule has 1 aliphatic carbocycles. The molecule has 0 bridgehead atoms. The molecule has 0 saturated heterocycles. The van der Waals surface area contributed by atoms with Crippen molar-refractivity contribution in [2.75, 3.05) is 6.61 Å². The second-order valence-corrected chi connectivity index (χ2v) is 5.76. The van der Waals surface area contributed by atoms with Gasteiger partial charge in [-0.2, -0.15) is 0 Å². The fourth-order valence-electron chi connectivity index (χ4n) is 3.39. The van der Waals surface area contributed by atoms with Crippen molar-refractivity contribution in [3.8, 4) is 0 Å². The van der Waals surface area contributed by atoms with Gasteiger partial charge in [-0.25, -0.2) is 4.98 Å². The number of nitrogens with two attached hydrogens (primary N) is 1. The highest BCUT2D eigenvalue weighted by molar-refractivity contribution is 5.76. The van der Waals surface area contributed by atoms with Crippen molar-refractivity contribution in [1.29, 1.82) is 0 Å². The van der Waals surface area contributed by atoms with Gasteiger partial charge in [-0.15, -0.1) is 0 Å². The number of aliphatic hydroxyl groups excluding tert-OH is 1. The maximum absolute atomic E-state index is 9.32. The molecule has 1 unspecified atom stereocenters. The lowest BCUT2D eigenvalue weighted by Gasteiger charge is -2.27. The Kier molecular flexibility index (Phi) is 4.03. The number of aliphatic hydroxyl groups is 1. The van der Waals surface area contributed by atoms with Crippen molar-refractivity contribution in [3.05, 3.63) is 30.1 Å². The highest BCUT2D eigenvalue weighted by atomic mass is 16.3. The second-order valence-electron chi connectivity index (χ2n) is 5.76. The summed E-state index contributed by atoms with van der Waals surface area (Å²) in [6.45, 7) is 0.682. The van der Waals surface area contributed by atoms with Crippen molar-refractivity contribution in [3.63, 3.8) is 0 Å². The summed E-state index contributed by atoms with van der Waals surface area (Å²) in [7, 11) is 0. The first kappa shape index (κ1) is 13.6. The van der Waals surface area contributed by atoms with E-state index in [1.807, 2.05) is 18.2 Å². The van der Waals surface area contributed by atoms with Crippen LogP contribution < -0.4 is 5.73 Å². The Hall–Kier alpha value is -1.39. The lowest BCUT2D eigenvalue weighted by Crippen LogP contribution is -2.27. The number of aromatic nitrogens is 2. The normalized spacial score (nSPS) is 18.5. The molecule has 4 heteroatoms. The van der Waals surface area contributed by atoms with E-state index in [1.165, 1.54) is 32.1 Å². The molecule has 0 aliphatic heterocycles. The zero-order valence-corrected chi connectivity index (χ0v) is 11.8. The van der Waals surface area contributed by atoms with Gasteiger partial charge in [-0.05, 0) is 30.9 Å². The molecule has 3 rings (SSSR count). The standard InChI is InChI=1S/C16H23N3O/c17-15(12-6-2-1-3-7-12)16-18-13-8-4-5-9-14(13)19(16)10-11-20/h4-5,8-9,12,15,20H,1-3,6-7,10-11,17H2. The maximum atomic E-state index is 9.32. The number of hydrogen-bond acceptors (Lipinski definition) is 3. The molecular formula is C16H23N3O. The molecule has 108 valence electrons. The van der Waals surface area contributed by atoms with Crippen LogP contribution in [0.5, 0.6) is 0 Å². The first-order valence-corrected chi connectivity index (χ1v) is 7.63. The third-order valence-electron chi connectivity index (χ3n) is 4.46. The molecule has 3 N–H and O–H groups in total. The zero-order valence-electron chi connectivity index (χ0n) is 11.8. The van der Waals surface area contributed by atoms with Gasteiger partial charge < -0.3 is 15.4 Å². The Morgan fingerprint density at radius 2 is 2.00 bits per heavy atom. The quantitative estimate of drug-likeness (QED) is 0.900. The third-order valence-corrected chi connectivity index (χ3v) is 4.46. The smallest absolute Gasteiger partial charge is 0.127 e. The van der Waals surface area contributed by atoms with Crippen LogP contribution >= 0.6 is 0 Å². The Balaban J connectivity index is 1.98. The molecule has 1 aromatic heterocycles. The lowest BCUT2D eigenvalue weighted by molar-refractivity contribution is 0.264. The fourth-order valence-corrected chi connectivity index (χ4v) is 3.39. The van der Waals surface area contributed by atoms with E-state index in [-0.39, 0.29) is 12.6 Å². The number of para-hydroxylation sites is 2. The van der Waals surface area contributed by atoms with E-state index in [0.29, 0.717) is 12.5 Å². The van der Waals surface area contributed by atoms with Gasteiger partial charge in [-0.1, -0.05) is 31.4 Å². The fraction of sp³-hybridized carbons (Fsp3) is 0.562. The van der Waals surface area contributed by atoms with E-state index in [4.69, 9.17) is 10.7 Å². The summed E-state index contributed by atoms with van der Waals surface area (Å²) in [6.07, 6.45) is 6.28. The van der Waals surface area contributed by atoms with E-state index in [9.17, 15) is 5.11 Å². The number of hydrogen-bond donors (Lipinski definition) is 2. The Morgan fingerprint density at radius 1 is 1.25 bits per heavy atom. The molecule has 0 amide bonds. The summed E-state index contributed by atoms with van der Waals surface area (Å²) >= 11 is 0. The maximum Gasteiger partial charge on any atom is 0.127 e. The van der Waals surface area contributed by atoms with Crippen LogP contribution in [0.15, 0.2) is 24.3 Å². The van der Waals surface area contributed by atoms with Gasteiger partial charge in [0.05, 0.1) is 23.7 Å². The molecule has 4 nitrogen and oxygen atoms in total. The zero-order chi connectivity index (χ0) is 13.9. The van der Waals surface area contributed by atoms with Crippen molar-refractivity contribution in [2.24, 2.45) is 11.7 Å². The van der Waals surface area contributed by atoms with E-state index >= 15 is 0 Å². The van der Waals surface area contributed by atoms with Gasteiger partial charge in [-0.3, -0.25) is 0 Å². The molecule has 2 aromatic rings. The van der Waals surface area contributed by atoms with Crippen LogP contribution in [0.1, 0.15) is 44.0 Å². The number of imidazole rings is 1. The molecule has 1 saturated carbocycles. The molecule has 1 heterocycles. The molecule has 1 fully saturated rings. The topological polar surface area (TPSA) is 64.1 Å². The summed E-state index contributed by atoms with van der Waals surface area (Å²) in [4.78, 5) is 4.73. The van der Waals surface area contributed by atoms with Crippen LogP contribution in [0.4, 0.5) is 0 Å². The molecule has 20 heavy (non-hydrogen) atoms. The first-order valence-electron chi connectivity index (χ1n) is 7.63.